The number of carbonyl (C=O) groups is 1. The number of amides is 1. The lowest BCUT2D eigenvalue weighted by Gasteiger charge is -2.36. The van der Waals surface area contributed by atoms with Crippen LogP contribution in [-0.4, -0.2) is 58.5 Å². The van der Waals surface area contributed by atoms with E-state index in [-0.39, 0.29) is 11.5 Å². The largest absolute Gasteiger partial charge is 0.573 e. The molecular weight excluding hydrogens is 415 g/mol. The van der Waals surface area contributed by atoms with Crippen LogP contribution in [0.3, 0.4) is 0 Å². The lowest BCUT2D eigenvalue weighted by molar-refractivity contribution is -0.274. The van der Waals surface area contributed by atoms with Crippen molar-refractivity contribution < 1.29 is 27.1 Å². The lowest BCUT2D eigenvalue weighted by Crippen LogP contribution is -2.49. The summed E-state index contributed by atoms with van der Waals surface area (Å²) in [7, 11) is 0. The van der Waals surface area contributed by atoms with E-state index < -0.39 is 12.1 Å². The molecule has 11 heteroatoms. The number of aromatic nitrogens is 3. The van der Waals surface area contributed by atoms with E-state index in [0.717, 1.165) is 12.1 Å². The Morgan fingerprint density at radius 1 is 1.10 bits per heavy atom. The molecule has 8 nitrogen and oxygen atoms in total. The molecule has 3 heterocycles. The number of hydrogen-bond acceptors (Lipinski definition) is 7. The number of nitrogens with zero attached hydrogens (tertiary/aromatic N) is 5. The molecule has 1 aromatic carbocycles. The summed E-state index contributed by atoms with van der Waals surface area (Å²) in [5.41, 5.74) is 0.829. The van der Waals surface area contributed by atoms with Crippen molar-refractivity contribution in [2.75, 3.05) is 31.1 Å². The first-order valence-corrected chi connectivity index (χ1v) is 9.46. The second-order valence-electron chi connectivity index (χ2n) is 6.86. The van der Waals surface area contributed by atoms with Crippen LogP contribution in [-0.2, 0) is 0 Å². The molecule has 162 valence electrons. The van der Waals surface area contributed by atoms with Crippen molar-refractivity contribution in [3.8, 4) is 17.2 Å². The minimum absolute atomic E-state index is 0.134. The number of pyridine rings is 1. The average molecular weight is 433 g/mol. The Hall–Kier alpha value is -3.63. The highest BCUT2D eigenvalue weighted by Gasteiger charge is 2.32. The van der Waals surface area contributed by atoms with Crippen LogP contribution in [0.1, 0.15) is 16.2 Å². The van der Waals surface area contributed by atoms with E-state index >= 15 is 0 Å². The zero-order chi connectivity index (χ0) is 22.0. The average Bonchev–Trinajstić information content (AvgIpc) is 3.18. The minimum Gasteiger partial charge on any atom is -0.421 e. The molecule has 1 amide bonds. The zero-order valence-corrected chi connectivity index (χ0v) is 16.5. The molecule has 0 radical (unpaired) electrons. The second-order valence-corrected chi connectivity index (χ2v) is 6.86. The van der Waals surface area contributed by atoms with Gasteiger partial charge in [-0.15, -0.1) is 23.4 Å². The molecule has 3 aromatic rings. The second kappa shape index (κ2) is 8.25. The first kappa shape index (κ1) is 20.6. The Kier molecular flexibility index (Phi) is 5.49. The third-order valence-electron chi connectivity index (χ3n) is 4.72. The highest BCUT2D eigenvalue weighted by molar-refractivity contribution is 5.94. The number of benzene rings is 1. The van der Waals surface area contributed by atoms with E-state index in [1.807, 2.05) is 11.0 Å². The van der Waals surface area contributed by atoms with E-state index in [4.69, 9.17) is 4.42 Å². The predicted octanol–water partition coefficient (Wildman–Crippen LogP) is 3.30. The maximum atomic E-state index is 12.8. The molecule has 0 N–H and O–H groups in total. The molecule has 1 aliphatic heterocycles. The fourth-order valence-electron chi connectivity index (χ4n) is 3.35. The molecule has 0 saturated carbocycles. The van der Waals surface area contributed by atoms with Gasteiger partial charge >= 0.3 is 6.36 Å². The van der Waals surface area contributed by atoms with Crippen molar-refractivity contribution >= 4 is 11.7 Å². The smallest absolute Gasteiger partial charge is 0.421 e. The maximum Gasteiger partial charge on any atom is 0.573 e. The van der Waals surface area contributed by atoms with E-state index in [1.165, 1.54) is 12.1 Å². The molecule has 0 unspecified atom stereocenters. The van der Waals surface area contributed by atoms with Crippen LogP contribution in [0.25, 0.3) is 11.5 Å². The van der Waals surface area contributed by atoms with Crippen molar-refractivity contribution in [3.05, 3.63) is 54.0 Å². The Bertz CT molecular complexity index is 1080. The molecule has 1 aliphatic rings. The normalized spacial score (nSPS) is 14.6. The SMILES string of the molecule is Cc1nnc(-c2cccnc2N2CCN(C(=O)c3cccc(OC(F)(F)F)c3)CC2)o1. The topological polar surface area (TPSA) is 84.6 Å². The molecule has 1 fully saturated rings. The summed E-state index contributed by atoms with van der Waals surface area (Å²) in [6, 6.07) is 8.68. The molecule has 0 atom stereocenters. The van der Waals surface area contributed by atoms with Crippen molar-refractivity contribution in [2.45, 2.75) is 13.3 Å². The third kappa shape index (κ3) is 4.76. The van der Waals surface area contributed by atoms with Gasteiger partial charge in [0.1, 0.15) is 11.6 Å². The number of anilines is 1. The fraction of sp³-hybridized carbons (Fsp3) is 0.300. The number of ether oxygens (including phenoxy) is 1. The predicted molar refractivity (Wildman–Crippen MR) is 104 cm³/mol. The summed E-state index contributed by atoms with van der Waals surface area (Å²) < 4.78 is 46.8. The van der Waals surface area contributed by atoms with Crippen molar-refractivity contribution in [1.82, 2.24) is 20.1 Å². The first-order valence-electron chi connectivity index (χ1n) is 9.46. The quantitative estimate of drug-likeness (QED) is 0.624. The number of alkyl halides is 3. The number of halogens is 3. The van der Waals surface area contributed by atoms with Gasteiger partial charge in [-0.1, -0.05) is 6.07 Å². The Morgan fingerprint density at radius 3 is 2.55 bits per heavy atom. The summed E-state index contributed by atoms with van der Waals surface area (Å²) in [6.07, 6.45) is -3.16. The Labute approximate surface area is 175 Å². The highest BCUT2D eigenvalue weighted by Crippen LogP contribution is 2.29. The van der Waals surface area contributed by atoms with Crippen LogP contribution >= 0.6 is 0 Å². The van der Waals surface area contributed by atoms with Gasteiger partial charge in [0.05, 0.1) is 5.56 Å². The minimum atomic E-state index is -4.81. The summed E-state index contributed by atoms with van der Waals surface area (Å²) >= 11 is 0. The number of carbonyl (C=O) groups excluding carboxylic acids is 1. The van der Waals surface area contributed by atoms with Crippen LogP contribution in [0.2, 0.25) is 0 Å². The molecule has 2 aromatic heterocycles. The van der Waals surface area contributed by atoms with E-state index in [0.29, 0.717) is 49.3 Å². The van der Waals surface area contributed by atoms with Gasteiger partial charge in [0.2, 0.25) is 5.89 Å². The van der Waals surface area contributed by atoms with Crippen LogP contribution < -0.4 is 9.64 Å². The summed E-state index contributed by atoms with van der Waals surface area (Å²) in [5.74, 6) is 0.683. The van der Waals surface area contributed by atoms with Gasteiger partial charge in [-0.05, 0) is 30.3 Å². The van der Waals surface area contributed by atoms with E-state index in [1.54, 1.807) is 24.1 Å². The van der Waals surface area contributed by atoms with Crippen LogP contribution in [0, 0.1) is 6.92 Å². The van der Waals surface area contributed by atoms with Gasteiger partial charge in [0, 0.05) is 44.9 Å². The molecule has 0 bridgehead atoms. The molecular formula is C20H18F3N5O3. The lowest BCUT2D eigenvalue weighted by atomic mass is 10.1. The molecule has 0 spiro atoms. The van der Waals surface area contributed by atoms with Gasteiger partial charge < -0.3 is 19.0 Å². The Balaban J connectivity index is 1.45. The molecule has 0 aliphatic carbocycles. The number of rotatable bonds is 4. The molecule has 1 saturated heterocycles. The molecule has 31 heavy (non-hydrogen) atoms. The van der Waals surface area contributed by atoms with E-state index in [2.05, 4.69) is 19.9 Å². The van der Waals surface area contributed by atoms with Crippen molar-refractivity contribution in [3.63, 3.8) is 0 Å². The van der Waals surface area contributed by atoms with Crippen molar-refractivity contribution in [2.24, 2.45) is 0 Å². The highest BCUT2D eigenvalue weighted by atomic mass is 19.4. The summed E-state index contributed by atoms with van der Waals surface area (Å²) in [4.78, 5) is 20.8. The fourth-order valence-corrected chi connectivity index (χ4v) is 3.35. The summed E-state index contributed by atoms with van der Waals surface area (Å²) in [5, 5.41) is 7.90. The van der Waals surface area contributed by atoms with Crippen molar-refractivity contribution in [1.29, 1.82) is 0 Å². The van der Waals surface area contributed by atoms with Crippen LogP contribution in [0.15, 0.2) is 47.0 Å². The maximum absolute atomic E-state index is 12.8. The summed E-state index contributed by atoms with van der Waals surface area (Å²) in [6.45, 7) is 3.43. The van der Waals surface area contributed by atoms with Crippen LogP contribution in [0.5, 0.6) is 5.75 Å². The first-order chi connectivity index (χ1) is 14.8. The van der Waals surface area contributed by atoms with Gasteiger partial charge in [0.25, 0.3) is 11.8 Å². The molecule has 4 rings (SSSR count). The number of aryl methyl sites for hydroxylation is 1. The van der Waals surface area contributed by atoms with Gasteiger partial charge in [0.15, 0.2) is 0 Å². The van der Waals surface area contributed by atoms with Crippen LogP contribution in [0.4, 0.5) is 19.0 Å². The van der Waals surface area contributed by atoms with Gasteiger partial charge in [-0.3, -0.25) is 4.79 Å². The monoisotopic (exact) mass is 433 g/mol. The standard InChI is InChI=1S/C20H18F3N5O3/c1-13-25-26-18(30-13)16-6-3-7-24-17(16)27-8-10-28(11-9-27)19(29)14-4-2-5-15(12-14)31-20(21,22)23/h2-7,12H,8-11H2,1H3. The number of piperazine rings is 1. The number of hydrogen-bond donors (Lipinski definition) is 0. The van der Waals surface area contributed by atoms with E-state index in [9.17, 15) is 18.0 Å². The zero-order valence-electron chi connectivity index (χ0n) is 16.5. The van der Waals surface area contributed by atoms with Gasteiger partial charge in [-0.25, -0.2) is 4.98 Å². The third-order valence-corrected chi connectivity index (χ3v) is 4.72. The Morgan fingerprint density at radius 2 is 1.87 bits per heavy atom. The van der Waals surface area contributed by atoms with Gasteiger partial charge in [-0.2, -0.15) is 0 Å².